The first-order valence-corrected chi connectivity index (χ1v) is 11.4. The Morgan fingerprint density at radius 2 is 1.85 bits per heavy atom. The number of nitrogens with one attached hydrogen (secondary N) is 2. The molecule has 0 radical (unpaired) electrons. The maximum absolute atomic E-state index is 12.4. The highest BCUT2D eigenvalue weighted by atomic mass is 16.5. The molecule has 2 N–H and O–H groups in total. The molecule has 0 bridgehead atoms. The van der Waals surface area contributed by atoms with Gasteiger partial charge in [0, 0.05) is 30.4 Å². The number of ether oxygens (including phenoxy) is 2. The Balaban J connectivity index is 1.34. The number of rotatable bonds is 8. The van der Waals surface area contributed by atoms with E-state index in [4.69, 9.17) is 13.9 Å². The second-order valence-electron chi connectivity index (χ2n) is 8.36. The van der Waals surface area contributed by atoms with E-state index in [0.717, 1.165) is 24.0 Å². The van der Waals surface area contributed by atoms with Crippen LogP contribution in [0.4, 0.5) is 5.69 Å². The maximum Gasteiger partial charge on any atom is 0.262 e. The van der Waals surface area contributed by atoms with Gasteiger partial charge in [-0.1, -0.05) is 23.8 Å². The predicted octanol–water partition coefficient (Wildman–Crippen LogP) is 4.02. The second kappa shape index (κ2) is 11.0. The van der Waals surface area contributed by atoms with Gasteiger partial charge in [-0.15, -0.1) is 0 Å². The van der Waals surface area contributed by atoms with Crippen molar-refractivity contribution in [3.8, 4) is 17.2 Å². The second-order valence-corrected chi connectivity index (χ2v) is 8.36. The van der Waals surface area contributed by atoms with Gasteiger partial charge in [-0.2, -0.15) is 0 Å². The highest BCUT2D eigenvalue weighted by Crippen LogP contribution is 2.25. The molecule has 1 fully saturated rings. The van der Waals surface area contributed by atoms with Crippen LogP contribution >= 0.6 is 0 Å². The van der Waals surface area contributed by atoms with Crippen molar-refractivity contribution in [3.63, 3.8) is 0 Å². The van der Waals surface area contributed by atoms with Crippen LogP contribution in [0.5, 0.6) is 5.75 Å². The number of carbonyl (C=O) groups is 2. The van der Waals surface area contributed by atoms with E-state index in [9.17, 15) is 9.59 Å². The van der Waals surface area contributed by atoms with Crippen LogP contribution in [0.15, 0.2) is 52.9 Å². The molecule has 1 aromatic heterocycles. The van der Waals surface area contributed by atoms with Crippen molar-refractivity contribution >= 4 is 17.5 Å². The lowest BCUT2D eigenvalue weighted by Gasteiger charge is -2.20. The number of aromatic nitrogens is 1. The minimum Gasteiger partial charge on any atom is -0.484 e. The van der Waals surface area contributed by atoms with Gasteiger partial charge in [0.25, 0.3) is 5.91 Å². The first-order valence-electron chi connectivity index (χ1n) is 11.4. The number of hydrogen-bond acceptors (Lipinski definition) is 6. The fraction of sp³-hybridized carbons (Fsp3) is 0.346. The summed E-state index contributed by atoms with van der Waals surface area (Å²) in [5.74, 6) is 1.45. The topological polar surface area (TPSA) is 103 Å². The zero-order valence-corrected chi connectivity index (χ0v) is 19.4. The number of benzene rings is 2. The number of anilines is 1. The SMILES string of the molecule is Cc1ccc(OCC(=O)Nc2cccc(-c3nc(CNC(=O)C4CCOCC4)c(C)o3)c2)cc1. The molecule has 2 amide bonds. The van der Waals surface area contributed by atoms with Crippen molar-refractivity contribution in [2.75, 3.05) is 25.1 Å². The molecule has 1 aliphatic heterocycles. The zero-order valence-electron chi connectivity index (χ0n) is 19.4. The van der Waals surface area contributed by atoms with Crippen molar-refractivity contribution in [2.24, 2.45) is 5.92 Å². The summed E-state index contributed by atoms with van der Waals surface area (Å²) < 4.78 is 16.7. The molecule has 0 unspecified atom stereocenters. The third-order valence-corrected chi connectivity index (χ3v) is 5.70. The van der Waals surface area contributed by atoms with Gasteiger partial charge >= 0.3 is 0 Å². The highest BCUT2D eigenvalue weighted by molar-refractivity contribution is 5.92. The van der Waals surface area contributed by atoms with Crippen molar-refractivity contribution < 1.29 is 23.5 Å². The van der Waals surface area contributed by atoms with Crippen LogP contribution in [0, 0.1) is 19.8 Å². The van der Waals surface area contributed by atoms with Gasteiger partial charge in [0.15, 0.2) is 6.61 Å². The van der Waals surface area contributed by atoms with Crippen LogP contribution in [-0.4, -0.2) is 36.6 Å². The number of oxazole rings is 1. The van der Waals surface area contributed by atoms with E-state index in [0.29, 0.717) is 48.5 Å². The number of nitrogens with zero attached hydrogens (tertiary/aromatic N) is 1. The number of hydrogen-bond donors (Lipinski definition) is 2. The molecule has 2 heterocycles. The first kappa shape index (κ1) is 23.5. The summed E-state index contributed by atoms with van der Waals surface area (Å²) in [4.78, 5) is 29.3. The van der Waals surface area contributed by atoms with Gasteiger partial charge in [-0.3, -0.25) is 9.59 Å². The summed E-state index contributed by atoms with van der Waals surface area (Å²) >= 11 is 0. The number of amides is 2. The van der Waals surface area contributed by atoms with E-state index < -0.39 is 0 Å². The summed E-state index contributed by atoms with van der Waals surface area (Å²) in [5, 5.41) is 5.79. The summed E-state index contributed by atoms with van der Waals surface area (Å²) in [6.45, 7) is 5.26. The van der Waals surface area contributed by atoms with Gasteiger partial charge in [-0.25, -0.2) is 4.98 Å². The summed E-state index contributed by atoms with van der Waals surface area (Å²) in [7, 11) is 0. The van der Waals surface area contributed by atoms with Crippen LogP contribution in [-0.2, 0) is 20.9 Å². The third-order valence-electron chi connectivity index (χ3n) is 5.70. The highest BCUT2D eigenvalue weighted by Gasteiger charge is 2.22. The van der Waals surface area contributed by atoms with Gasteiger partial charge in [0.2, 0.25) is 11.8 Å². The molecule has 4 rings (SSSR count). The molecular formula is C26H29N3O5. The summed E-state index contributed by atoms with van der Waals surface area (Å²) in [5.41, 5.74) is 3.14. The molecule has 34 heavy (non-hydrogen) atoms. The van der Waals surface area contributed by atoms with E-state index in [1.165, 1.54) is 0 Å². The maximum atomic E-state index is 12.4. The van der Waals surface area contributed by atoms with Gasteiger partial charge in [0.05, 0.1) is 6.54 Å². The molecule has 2 aromatic carbocycles. The molecule has 0 atom stereocenters. The van der Waals surface area contributed by atoms with Crippen molar-refractivity contribution in [3.05, 3.63) is 65.5 Å². The Morgan fingerprint density at radius 3 is 2.62 bits per heavy atom. The van der Waals surface area contributed by atoms with Crippen LogP contribution < -0.4 is 15.4 Å². The monoisotopic (exact) mass is 463 g/mol. The number of aryl methyl sites for hydroxylation is 2. The summed E-state index contributed by atoms with van der Waals surface area (Å²) in [6, 6.07) is 14.8. The molecule has 1 aliphatic rings. The van der Waals surface area contributed by atoms with Crippen molar-refractivity contribution in [1.29, 1.82) is 0 Å². The largest absolute Gasteiger partial charge is 0.484 e. The average molecular weight is 464 g/mol. The van der Waals surface area contributed by atoms with Crippen LogP contribution in [0.1, 0.15) is 29.9 Å². The molecule has 8 nitrogen and oxygen atoms in total. The molecule has 1 saturated heterocycles. The quantitative estimate of drug-likeness (QED) is 0.523. The Labute approximate surface area is 198 Å². The predicted molar refractivity (Wildman–Crippen MR) is 127 cm³/mol. The average Bonchev–Trinajstić information content (AvgIpc) is 3.23. The lowest BCUT2D eigenvalue weighted by Crippen LogP contribution is -2.34. The van der Waals surface area contributed by atoms with Gasteiger partial charge < -0.3 is 24.5 Å². The molecule has 0 spiro atoms. The number of carbonyl (C=O) groups excluding carboxylic acids is 2. The van der Waals surface area contributed by atoms with Crippen LogP contribution in [0.2, 0.25) is 0 Å². The summed E-state index contributed by atoms with van der Waals surface area (Å²) in [6.07, 6.45) is 1.48. The third kappa shape index (κ3) is 6.23. The minimum atomic E-state index is -0.266. The van der Waals surface area contributed by atoms with E-state index in [1.807, 2.05) is 50.2 Å². The Hall–Kier alpha value is -3.65. The zero-order chi connectivity index (χ0) is 23.9. The first-order chi connectivity index (χ1) is 16.5. The molecule has 3 aromatic rings. The molecular weight excluding hydrogens is 434 g/mol. The molecule has 0 aliphatic carbocycles. The molecule has 0 saturated carbocycles. The molecule has 8 heteroatoms. The van der Waals surface area contributed by atoms with E-state index in [1.54, 1.807) is 12.1 Å². The minimum absolute atomic E-state index is 0.0179. The Kier molecular flexibility index (Phi) is 7.59. The lowest BCUT2D eigenvalue weighted by atomic mass is 9.99. The van der Waals surface area contributed by atoms with Gasteiger partial charge in [-0.05, 0) is 57.0 Å². The molecule has 178 valence electrons. The normalized spacial score (nSPS) is 13.9. The van der Waals surface area contributed by atoms with Crippen molar-refractivity contribution in [1.82, 2.24) is 10.3 Å². The lowest BCUT2D eigenvalue weighted by molar-refractivity contribution is -0.128. The fourth-order valence-corrected chi connectivity index (χ4v) is 3.70. The fourth-order valence-electron chi connectivity index (χ4n) is 3.70. The van der Waals surface area contributed by atoms with Gasteiger partial charge in [0.1, 0.15) is 17.2 Å². The standard InChI is InChI=1S/C26H29N3O5/c1-17-6-8-22(9-7-17)33-16-24(30)28-21-5-3-4-20(14-21)26-29-23(18(2)34-26)15-27-25(31)19-10-12-32-13-11-19/h3-9,14,19H,10-13,15-16H2,1-2H3,(H,27,31)(H,28,30). The van der Waals surface area contributed by atoms with E-state index in [2.05, 4.69) is 15.6 Å². The van der Waals surface area contributed by atoms with E-state index >= 15 is 0 Å². The van der Waals surface area contributed by atoms with Crippen LogP contribution in [0.25, 0.3) is 11.5 Å². The smallest absolute Gasteiger partial charge is 0.262 e. The Morgan fingerprint density at radius 1 is 1.09 bits per heavy atom. The Bertz CT molecular complexity index is 1130. The van der Waals surface area contributed by atoms with Crippen LogP contribution in [0.3, 0.4) is 0 Å². The van der Waals surface area contributed by atoms with Crippen molar-refractivity contribution in [2.45, 2.75) is 33.2 Å². The van der Waals surface area contributed by atoms with E-state index in [-0.39, 0.29) is 24.3 Å².